The summed E-state index contributed by atoms with van der Waals surface area (Å²) in [4.78, 5) is 34.2. The van der Waals surface area contributed by atoms with Crippen LogP contribution in [0, 0.1) is 6.92 Å². The zero-order valence-electron chi connectivity index (χ0n) is 31.3. The van der Waals surface area contributed by atoms with Crippen LogP contribution in [0.4, 0.5) is 0 Å². The van der Waals surface area contributed by atoms with E-state index in [9.17, 15) is 14.7 Å². The van der Waals surface area contributed by atoms with Gasteiger partial charge >= 0.3 is 0 Å². The Morgan fingerprint density at radius 2 is 1.63 bits per heavy atom. The van der Waals surface area contributed by atoms with Crippen molar-refractivity contribution < 1.29 is 33.6 Å². The number of aliphatic hydroxyl groups is 1. The number of benzene rings is 1. The molecule has 2 heterocycles. The van der Waals surface area contributed by atoms with Gasteiger partial charge in [0.15, 0.2) is 0 Å². The van der Waals surface area contributed by atoms with Gasteiger partial charge in [-0.3, -0.25) is 14.5 Å². The number of aromatic nitrogens is 1. The molecule has 0 radical (unpaired) electrons. The van der Waals surface area contributed by atoms with Crippen molar-refractivity contribution in [2.75, 3.05) is 84.8 Å². The molecule has 1 fully saturated rings. The summed E-state index contributed by atoms with van der Waals surface area (Å²) in [5.41, 5.74) is 16.0. The average Bonchev–Trinajstić information content (AvgIpc) is 3.73. The first-order chi connectivity index (χ1) is 25.1. The van der Waals surface area contributed by atoms with E-state index in [-0.39, 0.29) is 35.8 Å². The fourth-order valence-electron chi connectivity index (χ4n) is 5.87. The molecule has 0 unspecified atom stereocenters. The van der Waals surface area contributed by atoms with Crippen LogP contribution in [0.1, 0.15) is 57.2 Å². The van der Waals surface area contributed by atoms with Gasteiger partial charge in [0.2, 0.25) is 11.8 Å². The molecule has 2 amide bonds. The van der Waals surface area contributed by atoms with Crippen LogP contribution in [0.3, 0.4) is 0 Å². The summed E-state index contributed by atoms with van der Waals surface area (Å²) in [5, 5.41) is 17.0. The summed E-state index contributed by atoms with van der Waals surface area (Å²) in [7, 11) is 0. The highest BCUT2D eigenvalue weighted by Crippen LogP contribution is 2.32. The van der Waals surface area contributed by atoms with E-state index >= 15 is 0 Å². The number of likely N-dealkylation sites (tertiary alicyclic amines) is 1. The number of nitrogens with one attached hydrogen (secondary N) is 2. The molecule has 7 N–H and O–H groups in total. The van der Waals surface area contributed by atoms with E-state index in [1.165, 1.54) is 0 Å². The number of nitrogens with two attached hydrogens (primary N) is 2. The smallest absolute Gasteiger partial charge is 0.246 e. The lowest BCUT2D eigenvalue weighted by Crippen LogP contribution is -2.56. The molecule has 1 aromatic heterocycles. The second-order valence-electron chi connectivity index (χ2n) is 13.5. The van der Waals surface area contributed by atoms with Crippen LogP contribution in [0.25, 0.3) is 10.4 Å². The lowest BCUT2D eigenvalue weighted by Gasteiger charge is -2.38. The molecule has 294 valence electrons. The largest absolute Gasteiger partial charge is 0.392 e. The number of hydrogen-bond donors (Lipinski definition) is 5. The number of rotatable bonds is 28. The maximum atomic E-state index is 13.5. The number of thiazole rings is 1. The van der Waals surface area contributed by atoms with Crippen molar-refractivity contribution in [1.82, 2.24) is 20.5 Å². The molecule has 52 heavy (non-hydrogen) atoms. The molecule has 0 aliphatic carbocycles. The monoisotopic (exact) mass is 766 g/mol. The van der Waals surface area contributed by atoms with Crippen LogP contribution < -0.4 is 22.1 Å². The van der Waals surface area contributed by atoms with Crippen LogP contribution in [0.2, 0.25) is 0 Å². The van der Waals surface area contributed by atoms with E-state index in [0.29, 0.717) is 78.8 Å². The highest BCUT2D eigenvalue weighted by atomic mass is 32.2. The number of thioether (sulfide) groups is 1. The molecule has 15 heteroatoms. The van der Waals surface area contributed by atoms with Crippen molar-refractivity contribution in [3.63, 3.8) is 0 Å². The van der Waals surface area contributed by atoms with E-state index in [0.717, 1.165) is 53.1 Å². The second kappa shape index (κ2) is 25.0. The number of carbonyl (C=O) groups excluding carboxylic acids is 2. The van der Waals surface area contributed by atoms with Crippen molar-refractivity contribution >= 4 is 34.9 Å². The molecule has 2 aromatic rings. The maximum Gasteiger partial charge on any atom is 0.246 e. The Bertz CT molecular complexity index is 1290. The number of ether oxygens (including phenoxy) is 4. The lowest BCUT2D eigenvalue weighted by atomic mass is 10.0. The van der Waals surface area contributed by atoms with E-state index < -0.39 is 12.1 Å². The number of hydrogen-bond acceptors (Lipinski definition) is 13. The average molecular weight is 767 g/mol. The third-order valence-electron chi connectivity index (χ3n) is 8.89. The fraction of sp³-hybridized carbons (Fsp3) is 0.703. The minimum absolute atomic E-state index is 0.109. The van der Waals surface area contributed by atoms with Crippen molar-refractivity contribution in [2.24, 2.45) is 11.5 Å². The predicted molar refractivity (Wildman–Crippen MR) is 208 cm³/mol. The normalized spacial score (nSPS) is 17.0. The molecule has 1 aliphatic heterocycles. The van der Waals surface area contributed by atoms with Crippen molar-refractivity contribution in [3.05, 3.63) is 41.0 Å². The fourth-order valence-corrected chi connectivity index (χ4v) is 7.89. The first-order valence-corrected chi connectivity index (χ1v) is 20.3. The van der Waals surface area contributed by atoms with E-state index in [1.807, 2.05) is 41.2 Å². The predicted octanol–water partition coefficient (Wildman–Crippen LogP) is 2.71. The van der Waals surface area contributed by atoms with Crippen LogP contribution in [0.15, 0.2) is 29.8 Å². The summed E-state index contributed by atoms with van der Waals surface area (Å²) in [6.07, 6.45) is 4.00. The van der Waals surface area contributed by atoms with E-state index in [1.54, 1.807) is 11.3 Å². The van der Waals surface area contributed by atoms with Gasteiger partial charge in [0.25, 0.3) is 0 Å². The Morgan fingerprint density at radius 3 is 2.27 bits per heavy atom. The number of amides is 2. The van der Waals surface area contributed by atoms with Crippen LogP contribution >= 0.6 is 23.1 Å². The van der Waals surface area contributed by atoms with Gasteiger partial charge in [-0.25, -0.2) is 4.98 Å². The number of unbranched alkanes of at least 4 members (excludes halogenated alkanes) is 3. The third-order valence-corrected chi connectivity index (χ3v) is 11.4. The highest BCUT2D eigenvalue weighted by molar-refractivity contribution is 8.00. The maximum absolute atomic E-state index is 13.5. The molecule has 3 rings (SSSR count). The zero-order chi connectivity index (χ0) is 37.6. The third kappa shape index (κ3) is 16.5. The molecular weight excluding hydrogens is 705 g/mol. The van der Waals surface area contributed by atoms with Crippen LogP contribution in [0.5, 0.6) is 0 Å². The molecule has 0 bridgehead atoms. The first kappa shape index (κ1) is 44.2. The van der Waals surface area contributed by atoms with Gasteiger partial charge in [0.1, 0.15) is 6.61 Å². The number of aryl methyl sites for hydroxylation is 1. The molecule has 0 spiro atoms. The Hall–Kier alpha value is -2.18. The van der Waals surface area contributed by atoms with Crippen LogP contribution in [-0.4, -0.2) is 135 Å². The zero-order valence-corrected chi connectivity index (χ0v) is 32.9. The summed E-state index contributed by atoms with van der Waals surface area (Å²) in [6, 6.07) is 7.32. The molecule has 3 atom stereocenters. The van der Waals surface area contributed by atoms with Gasteiger partial charge in [-0.2, -0.15) is 11.8 Å². The van der Waals surface area contributed by atoms with Gasteiger partial charge in [-0.05, 0) is 63.5 Å². The minimum Gasteiger partial charge on any atom is -0.392 e. The summed E-state index contributed by atoms with van der Waals surface area (Å²) in [6.45, 7) is 11.5. The van der Waals surface area contributed by atoms with Crippen molar-refractivity contribution in [2.45, 2.75) is 82.4 Å². The second-order valence-corrected chi connectivity index (χ2v) is 16.1. The number of nitrogens with zero attached hydrogens (tertiary/aromatic N) is 2. The first-order valence-electron chi connectivity index (χ1n) is 18.5. The Kier molecular flexibility index (Phi) is 21.3. The molecular formula is C37H62N6O7S2. The number of carbonyl (C=O) groups is 2. The van der Waals surface area contributed by atoms with Crippen molar-refractivity contribution in [1.29, 1.82) is 0 Å². The molecule has 1 aliphatic rings. The molecule has 13 nitrogen and oxygen atoms in total. The lowest BCUT2D eigenvalue weighted by molar-refractivity contribution is -0.127. The SMILES string of the molecule is Cc1ncsc1-c1ccc(CNC(=O)[C@@H]2C[C@@H](O)CN2C[C@@H](NC(=O)COCCOCCOCCOCCN)C(C)(C)SCCCCCCN)cc1. The number of aliphatic hydroxyl groups excluding tert-OH is 1. The summed E-state index contributed by atoms with van der Waals surface area (Å²) < 4.78 is 21.5. The molecule has 1 aromatic carbocycles. The Labute approximate surface area is 318 Å². The standard InChI is InChI=1S/C37H62N6O7S2/c1-28-35(51-27-41-28)30-10-8-29(9-11-30)23-40-36(46)32-22-31(44)24-43(32)25-33(37(2,3)52-21-7-5-4-6-12-38)42-34(45)26-50-20-19-49-18-17-48-16-15-47-14-13-39/h8-11,27,31-33,44H,4-7,12-26,38-39H2,1-3H3,(H,40,46)(H,42,45)/t31-,32+,33-/m1/s1. The highest BCUT2D eigenvalue weighted by Gasteiger charge is 2.40. The van der Waals surface area contributed by atoms with Gasteiger partial charge in [0.05, 0.1) is 80.5 Å². The summed E-state index contributed by atoms with van der Waals surface area (Å²) in [5.74, 6) is 0.569. The van der Waals surface area contributed by atoms with Gasteiger partial charge < -0.3 is 46.2 Å². The quantitative estimate of drug-likeness (QED) is 0.0800. The summed E-state index contributed by atoms with van der Waals surface area (Å²) >= 11 is 3.42. The Morgan fingerprint density at radius 1 is 0.981 bits per heavy atom. The van der Waals surface area contributed by atoms with E-state index in [2.05, 4.69) is 41.6 Å². The number of β-amino-alcohol motifs (C(OH)–C–C–N with tert-alkyl or cyclic N) is 1. The molecule has 1 saturated heterocycles. The minimum atomic E-state index is -0.634. The van der Waals surface area contributed by atoms with Gasteiger partial charge in [-0.1, -0.05) is 37.1 Å². The van der Waals surface area contributed by atoms with Crippen molar-refractivity contribution in [3.8, 4) is 10.4 Å². The Balaban J connectivity index is 1.52. The topological polar surface area (TPSA) is 184 Å². The van der Waals surface area contributed by atoms with Crippen LogP contribution in [-0.2, 0) is 35.1 Å². The van der Waals surface area contributed by atoms with Gasteiger partial charge in [0, 0.05) is 30.9 Å². The van der Waals surface area contributed by atoms with Gasteiger partial charge in [-0.15, -0.1) is 11.3 Å². The van der Waals surface area contributed by atoms with E-state index in [4.69, 9.17) is 30.4 Å². The molecule has 0 saturated carbocycles.